The zero-order chi connectivity index (χ0) is 8.97. The van der Waals surface area contributed by atoms with E-state index in [9.17, 15) is 9.50 Å². The van der Waals surface area contributed by atoms with E-state index in [0.717, 1.165) is 0 Å². The average molecular weight is 184 g/mol. The maximum Gasteiger partial charge on any atom is 0.165 e. The van der Waals surface area contributed by atoms with E-state index in [4.69, 9.17) is 0 Å². The monoisotopic (exact) mass is 184 g/mol. The average Bonchev–Trinajstić information content (AvgIpc) is 2.08. The lowest BCUT2D eigenvalue weighted by molar-refractivity contribution is 0.431. The van der Waals surface area contributed by atoms with Gasteiger partial charge in [-0.15, -0.1) is 0 Å². The normalized spacial score (nSPS) is 10.8. The molecule has 0 aliphatic carbocycles. The van der Waals surface area contributed by atoms with Gasteiger partial charge in [0.1, 0.15) is 0 Å². The first-order valence-electron chi connectivity index (χ1n) is 3.50. The molecule has 0 bridgehead atoms. The Bertz CT molecular complexity index is 297. The Morgan fingerprint density at radius 1 is 1.50 bits per heavy atom. The highest BCUT2D eigenvalue weighted by Crippen LogP contribution is 2.21. The van der Waals surface area contributed by atoms with Gasteiger partial charge in [0.15, 0.2) is 11.6 Å². The first kappa shape index (κ1) is 9.13. The number of phenols is 1. The number of benzene rings is 1. The summed E-state index contributed by atoms with van der Waals surface area (Å²) in [5.41, 5.74) is 0.476. The van der Waals surface area contributed by atoms with Crippen LogP contribution in [0.1, 0.15) is 5.56 Å². The molecule has 1 aromatic rings. The van der Waals surface area contributed by atoms with Crippen molar-refractivity contribution in [1.29, 1.82) is 0 Å². The van der Waals surface area contributed by atoms with E-state index in [2.05, 4.69) is 12.6 Å². The van der Waals surface area contributed by atoms with E-state index in [-0.39, 0.29) is 5.75 Å². The van der Waals surface area contributed by atoms with Crippen LogP contribution in [-0.2, 0) is 0 Å². The fourth-order valence-corrected chi connectivity index (χ4v) is 0.952. The Labute approximate surface area is 76.0 Å². The molecule has 1 aromatic carbocycles. The molecule has 0 amide bonds. The van der Waals surface area contributed by atoms with Crippen LogP contribution in [-0.4, -0.2) is 10.9 Å². The molecule has 0 saturated heterocycles. The van der Waals surface area contributed by atoms with Gasteiger partial charge in [-0.1, -0.05) is 24.3 Å². The predicted molar refractivity (Wildman–Crippen MR) is 51.0 cm³/mol. The van der Waals surface area contributed by atoms with Gasteiger partial charge in [-0.2, -0.15) is 12.6 Å². The van der Waals surface area contributed by atoms with Crippen molar-refractivity contribution in [3.63, 3.8) is 0 Å². The van der Waals surface area contributed by atoms with Gasteiger partial charge >= 0.3 is 0 Å². The Morgan fingerprint density at radius 2 is 2.25 bits per heavy atom. The second kappa shape index (κ2) is 4.16. The summed E-state index contributed by atoms with van der Waals surface area (Å²) in [5.74, 6) is -0.345. The van der Waals surface area contributed by atoms with Crippen molar-refractivity contribution in [2.45, 2.75) is 0 Å². The Morgan fingerprint density at radius 3 is 2.92 bits per heavy atom. The number of hydrogen-bond acceptors (Lipinski definition) is 2. The molecule has 64 valence electrons. The quantitative estimate of drug-likeness (QED) is 0.676. The molecule has 0 unspecified atom stereocenters. The summed E-state index contributed by atoms with van der Waals surface area (Å²) in [7, 11) is 0. The summed E-state index contributed by atoms with van der Waals surface area (Å²) >= 11 is 3.95. The topological polar surface area (TPSA) is 20.2 Å². The molecule has 1 N–H and O–H groups in total. The van der Waals surface area contributed by atoms with Crippen LogP contribution in [0.4, 0.5) is 4.39 Å². The molecule has 0 aromatic heterocycles. The van der Waals surface area contributed by atoms with Crippen LogP contribution in [0.25, 0.3) is 6.08 Å². The van der Waals surface area contributed by atoms with Crippen LogP contribution in [0.5, 0.6) is 5.75 Å². The lowest BCUT2D eigenvalue weighted by Crippen LogP contribution is -1.79. The van der Waals surface area contributed by atoms with Crippen LogP contribution in [0.2, 0.25) is 0 Å². The second-order valence-electron chi connectivity index (χ2n) is 2.26. The summed E-state index contributed by atoms with van der Waals surface area (Å²) in [6.45, 7) is 0. The third kappa shape index (κ3) is 2.01. The third-order valence-electron chi connectivity index (χ3n) is 1.42. The van der Waals surface area contributed by atoms with Gasteiger partial charge in [-0.25, -0.2) is 4.39 Å². The fourth-order valence-electron chi connectivity index (χ4n) is 0.846. The molecule has 0 aliphatic rings. The molecule has 0 atom stereocenters. The largest absolute Gasteiger partial charge is 0.504 e. The van der Waals surface area contributed by atoms with Gasteiger partial charge in [-0.3, -0.25) is 0 Å². The minimum atomic E-state index is -0.601. The number of rotatable bonds is 2. The van der Waals surface area contributed by atoms with Gasteiger partial charge < -0.3 is 5.11 Å². The summed E-state index contributed by atoms with van der Waals surface area (Å²) < 4.78 is 12.7. The smallest absolute Gasteiger partial charge is 0.165 e. The number of para-hydroxylation sites is 1. The minimum Gasteiger partial charge on any atom is -0.504 e. The Balaban J connectivity index is 3.00. The van der Waals surface area contributed by atoms with Crippen LogP contribution >= 0.6 is 12.6 Å². The molecule has 12 heavy (non-hydrogen) atoms. The maximum absolute atomic E-state index is 12.7. The van der Waals surface area contributed by atoms with Crippen LogP contribution in [0, 0.1) is 5.82 Å². The molecule has 0 fully saturated rings. The van der Waals surface area contributed by atoms with Crippen molar-refractivity contribution in [2.75, 3.05) is 5.75 Å². The fraction of sp³-hybridized carbons (Fsp3) is 0.111. The number of halogens is 1. The van der Waals surface area contributed by atoms with Crippen molar-refractivity contribution < 1.29 is 9.50 Å². The summed E-state index contributed by atoms with van der Waals surface area (Å²) in [4.78, 5) is 0. The van der Waals surface area contributed by atoms with Crippen molar-refractivity contribution in [3.05, 3.63) is 35.7 Å². The third-order valence-corrected chi connectivity index (χ3v) is 1.63. The maximum atomic E-state index is 12.7. The van der Waals surface area contributed by atoms with Crippen molar-refractivity contribution in [2.24, 2.45) is 0 Å². The molecule has 0 heterocycles. The lowest BCUT2D eigenvalue weighted by atomic mass is 10.2. The van der Waals surface area contributed by atoms with Gasteiger partial charge in [0.2, 0.25) is 0 Å². The lowest BCUT2D eigenvalue weighted by Gasteiger charge is -1.98. The molecule has 0 spiro atoms. The van der Waals surface area contributed by atoms with E-state index in [1.165, 1.54) is 6.07 Å². The number of thiol groups is 1. The molecule has 1 rings (SSSR count). The minimum absolute atomic E-state index is 0.310. The zero-order valence-corrected chi connectivity index (χ0v) is 7.26. The van der Waals surface area contributed by atoms with E-state index in [1.807, 2.05) is 0 Å². The first-order chi connectivity index (χ1) is 5.75. The summed E-state index contributed by atoms with van der Waals surface area (Å²) in [6.07, 6.45) is 3.36. The second-order valence-corrected chi connectivity index (χ2v) is 2.63. The van der Waals surface area contributed by atoms with Crippen molar-refractivity contribution >= 4 is 18.7 Å². The Kier molecular flexibility index (Phi) is 3.17. The van der Waals surface area contributed by atoms with E-state index < -0.39 is 5.82 Å². The van der Waals surface area contributed by atoms with E-state index in [0.29, 0.717) is 11.3 Å². The zero-order valence-electron chi connectivity index (χ0n) is 6.37. The van der Waals surface area contributed by atoms with Crippen molar-refractivity contribution in [1.82, 2.24) is 0 Å². The summed E-state index contributed by atoms with van der Waals surface area (Å²) in [6, 6.07) is 4.40. The number of phenolic OH excluding ortho intramolecular Hbond substituents is 1. The highest BCUT2D eigenvalue weighted by Gasteiger charge is 2.01. The van der Waals surface area contributed by atoms with Gasteiger partial charge in [0.05, 0.1) is 0 Å². The highest BCUT2D eigenvalue weighted by molar-refractivity contribution is 7.80. The molecular formula is C9H9FOS. The number of aromatic hydroxyl groups is 1. The standard InChI is InChI=1S/C9H9FOS/c10-8-5-1-3-7(9(8)11)4-2-6-12/h1-5,11-12H,6H2. The molecular weight excluding hydrogens is 175 g/mol. The van der Waals surface area contributed by atoms with E-state index >= 15 is 0 Å². The van der Waals surface area contributed by atoms with Crippen LogP contribution < -0.4 is 0 Å². The van der Waals surface area contributed by atoms with Crippen molar-refractivity contribution in [3.8, 4) is 5.75 Å². The molecule has 0 radical (unpaired) electrons. The summed E-state index contributed by atoms with van der Waals surface area (Å²) in [5, 5.41) is 9.17. The SMILES string of the molecule is Oc1c(F)cccc1C=CCS. The molecule has 3 heteroatoms. The predicted octanol–water partition coefficient (Wildman–Crippen LogP) is 2.47. The first-order valence-corrected chi connectivity index (χ1v) is 4.14. The van der Waals surface area contributed by atoms with Gasteiger partial charge in [-0.05, 0) is 6.07 Å². The molecule has 0 aliphatic heterocycles. The van der Waals surface area contributed by atoms with Crippen LogP contribution in [0.3, 0.4) is 0 Å². The van der Waals surface area contributed by atoms with Gasteiger partial charge in [0, 0.05) is 11.3 Å². The van der Waals surface area contributed by atoms with Gasteiger partial charge in [0.25, 0.3) is 0 Å². The Hall–Kier alpha value is -0.960. The van der Waals surface area contributed by atoms with Crippen LogP contribution in [0.15, 0.2) is 24.3 Å². The van der Waals surface area contributed by atoms with E-state index in [1.54, 1.807) is 24.3 Å². The molecule has 1 nitrogen and oxygen atoms in total. The molecule has 0 saturated carbocycles. The highest BCUT2D eigenvalue weighted by atomic mass is 32.1. The number of hydrogen-bond donors (Lipinski definition) is 2.